The van der Waals surface area contributed by atoms with Gasteiger partial charge >= 0.3 is 6.09 Å². The molecule has 192 valence electrons. The predicted molar refractivity (Wildman–Crippen MR) is 126 cm³/mol. The second-order valence-corrected chi connectivity index (χ2v) is 9.61. The highest BCUT2D eigenvalue weighted by Crippen LogP contribution is 2.25. The smallest absolute Gasteiger partial charge is 0.408 e. The SMILES string of the molecule is C[C@@H]1C[C@@H](CC(NC(=O)c2cc(Cl)ccc2NC(=O)[C@@H]2CNC(=O)O2)C(=O)C(=O)NC2CC2)C(=O)N1. The van der Waals surface area contributed by atoms with E-state index in [-0.39, 0.29) is 47.2 Å². The standard InChI is InChI=1S/C23H26ClN5O7/c1-10-6-11(19(31)26-10)7-16(18(30)22(34)27-13-3-4-13)29-20(32)14-8-12(24)2-5-15(14)28-21(33)17-9-25-23(35)36-17/h2,5,8,10-11,13,16-17H,3-4,6-7,9H2,1H3,(H,25,35)(H,26,31)(H,27,34)(H,28,33)(H,29,32)/t10-,11+,16?,17+/m1/s1. The van der Waals surface area contributed by atoms with E-state index in [1.165, 1.54) is 18.2 Å². The van der Waals surface area contributed by atoms with E-state index in [1.54, 1.807) is 0 Å². The number of benzene rings is 1. The molecule has 2 heterocycles. The molecule has 1 aromatic rings. The molecule has 1 aromatic carbocycles. The van der Waals surface area contributed by atoms with Gasteiger partial charge in [0.15, 0.2) is 6.10 Å². The van der Waals surface area contributed by atoms with Crippen molar-refractivity contribution in [3.63, 3.8) is 0 Å². The van der Waals surface area contributed by atoms with Gasteiger partial charge < -0.3 is 31.3 Å². The maximum Gasteiger partial charge on any atom is 0.408 e. The third-order valence-corrected chi connectivity index (χ3v) is 6.37. The molecule has 2 aliphatic heterocycles. The van der Waals surface area contributed by atoms with Crippen molar-refractivity contribution in [2.45, 2.75) is 56.8 Å². The van der Waals surface area contributed by atoms with Gasteiger partial charge in [0.1, 0.15) is 0 Å². The lowest BCUT2D eigenvalue weighted by Gasteiger charge is -2.21. The van der Waals surface area contributed by atoms with Crippen molar-refractivity contribution in [3.05, 3.63) is 28.8 Å². The molecule has 5 N–H and O–H groups in total. The maximum atomic E-state index is 13.3. The van der Waals surface area contributed by atoms with Crippen molar-refractivity contribution < 1.29 is 33.5 Å². The number of alkyl carbamates (subject to hydrolysis) is 1. The zero-order chi connectivity index (χ0) is 26.0. The zero-order valence-electron chi connectivity index (χ0n) is 19.4. The van der Waals surface area contributed by atoms with Crippen LogP contribution in [-0.4, -0.2) is 66.3 Å². The molecule has 2 saturated heterocycles. The molecule has 4 rings (SSSR count). The van der Waals surface area contributed by atoms with Crippen LogP contribution in [0.15, 0.2) is 18.2 Å². The number of hydrogen-bond donors (Lipinski definition) is 5. The quantitative estimate of drug-likeness (QED) is 0.291. The first kappa shape index (κ1) is 25.4. The molecule has 0 aromatic heterocycles. The van der Waals surface area contributed by atoms with E-state index in [9.17, 15) is 28.8 Å². The number of halogens is 1. The van der Waals surface area contributed by atoms with Gasteiger partial charge in [-0.1, -0.05) is 11.6 Å². The number of cyclic esters (lactones) is 1. The summed E-state index contributed by atoms with van der Waals surface area (Å²) < 4.78 is 4.86. The van der Waals surface area contributed by atoms with Crippen LogP contribution in [0.4, 0.5) is 10.5 Å². The fourth-order valence-electron chi connectivity index (χ4n) is 4.11. The summed E-state index contributed by atoms with van der Waals surface area (Å²) in [6, 6.07) is 2.69. The van der Waals surface area contributed by atoms with Crippen LogP contribution in [0.25, 0.3) is 0 Å². The van der Waals surface area contributed by atoms with Gasteiger partial charge in [0.05, 0.1) is 23.8 Å². The lowest BCUT2D eigenvalue weighted by molar-refractivity contribution is -0.139. The monoisotopic (exact) mass is 519 g/mol. The van der Waals surface area contributed by atoms with Crippen molar-refractivity contribution in [2.75, 3.05) is 11.9 Å². The van der Waals surface area contributed by atoms with E-state index in [1.807, 2.05) is 6.92 Å². The van der Waals surface area contributed by atoms with E-state index < -0.39 is 47.7 Å². The van der Waals surface area contributed by atoms with Crippen molar-refractivity contribution in [3.8, 4) is 0 Å². The normalized spacial score (nSPS) is 23.7. The van der Waals surface area contributed by atoms with Gasteiger partial charge in [-0.15, -0.1) is 0 Å². The molecule has 3 aliphatic rings. The lowest BCUT2D eigenvalue weighted by Crippen LogP contribution is -2.49. The second-order valence-electron chi connectivity index (χ2n) is 9.17. The number of carbonyl (C=O) groups is 6. The molecule has 1 saturated carbocycles. The first-order chi connectivity index (χ1) is 17.1. The highest BCUT2D eigenvalue weighted by molar-refractivity contribution is 6.38. The molecule has 5 amide bonds. The summed E-state index contributed by atoms with van der Waals surface area (Å²) in [5.74, 6) is -3.96. The van der Waals surface area contributed by atoms with Crippen LogP contribution in [0.5, 0.6) is 0 Å². The van der Waals surface area contributed by atoms with Crippen LogP contribution >= 0.6 is 11.6 Å². The Kier molecular flexibility index (Phi) is 7.43. The van der Waals surface area contributed by atoms with E-state index in [0.29, 0.717) is 6.42 Å². The average molecular weight is 520 g/mol. The van der Waals surface area contributed by atoms with Crippen molar-refractivity contribution in [1.82, 2.24) is 21.3 Å². The Hall–Kier alpha value is -3.67. The predicted octanol–water partition coefficient (Wildman–Crippen LogP) is 0.248. The second kappa shape index (κ2) is 10.5. The van der Waals surface area contributed by atoms with Crippen LogP contribution in [0, 0.1) is 5.92 Å². The Bertz CT molecular complexity index is 1120. The van der Waals surface area contributed by atoms with Crippen molar-refractivity contribution in [1.29, 1.82) is 0 Å². The van der Waals surface area contributed by atoms with Gasteiger partial charge in [-0.2, -0.15) is 0 Å². The highest BCUT2D eigenvalue weighted by Gasteiger charge is 2.38. The summed E-state index contributed by atoms with van der Waals surface area (Å²) in [6.45, 7) is 1.79. The molecule has 4 atom stereocenters. The molecule has 0 radical (unpaired) electrons. The zero-order valence-corrected chi connectivity index (χ0v) is 20.1. The Morgan fingerprint density at radius 1 is 1.19 bits per heavy atom. The summed E-state index contributed by atoms with van der Waals surface area (Å²) in [5.41, 5.74) is -0.0107. The summed E-state index contributed by atoms with van der Waals surface area (Å²) in [6.07, 6.45) is 0.110. The number of hydrogen-bond acceptors (Lipinski definition) is 7. The molecule has 0 bridgehead atoms. The number of nitrogens with one attached hydrogen (secondary N) is 5. The summed E-state index contributed by atoms with van der Waals surface area (Å²) >= 11 is 6.07. The fourth-order valence-corrected chi connectivity index (χ4v) is 4.28. The lowest BCUT2D eigenvalue weighted by atomic mass is 9.93. The minimum atomic E-state index is -1.28. The average Bonchev–Trinajstić information content (AvgIpc) is 3.44. The molecule has 12 nitrogen and oxygen atoms in total. The van der Waals surface area contributed by atoms with Crippen LogP contribution in [0.3, 0.4) is 0 Å². The van der Waals surface area contributed by atoms with Crippen LogP contribution in [-0.2, 0) is 23.9 Å². The third kappa shape index (κ3) is 6.11. The van der Waals surface area contributed by atoms with E-state index in [4.69, 9.17) is 16.3 Å². The van der Waals surface area contributed by atoms with Gasteiger partial charge in [-0.3, -0.25) is 24.0 Å². The topological polar surface area (TPSA) is 172 Å². The number of ether oxygens (including phenoxy) is 1. The van der Waals surface area contributed by atoms with Crippen LogP contribution in [0.1, 0.15) is 43.0 Å². The Labute approximate surface area is 211 Å². The number of carbonyl (C=O) groups excluding carboxylic acids is 6. The largest absolute Gasteiger partial charge is 0.434 e. The molecule has 13 heteroatoms. The Balaban J connectivity index is 1.52. The van der Waals surface area contributed by atoms with Gasteiger partial charge in [-0.25, -0.2) is 4.79 Å². The number of anilines is 1. The highest BCUT2D eigenvalue weighted by atomic mass is 35.5. The van der Waals surface area contributed by atoms with Crippen molar-refractivity contribution >= 4 is 52.8 Å². The summed E-state index contributed by atoms with van der Waals surface area (Å²) in [5, 5.41) is 13.0. The van der Waals surface area contributed by atoms with Gasteiger partial charge in [0.25, 0.3) is 17.7 Å². The third-order valence-electron chi connectivity index (χ3n) is 6.13. The summed E-state index contributed by atoms with van der Waals surface area (Å²) in [7, 11) is 0. The summed E-state index contributed by atoms with van der Waals surface area (Å²) in [4.78, 5) is 74.7. The van der Waals surface area contributed by atoms with Crippen LogP contribution in [0.2, 0.25) is 5.02 Å². The van der Waals surface area contributed by atoms with Crippen LogP contribution < -0.4 is 26.6 Å². The molecule has 1 unspecified atom stereocenters. The Morgan fingerprint density at radius 2 is 1.94 bits per heavy atom. The maximum absolute atomic E-state index is 13.3. The molecule has 0 spiro atoms. The fraction of sp³-hybridized carbons (Fsp3) is 0.478. The minimum Gasteiger partial charge on any atom is -0.434 e. The van der Waals surface area contributed by atoms with Crippen molar-refractivity contribution in [2.24, 2.45) is 5.92 Å². The van der Waals surface area contributed by atoms with Gasteiger partial charge in [-0.05, 0) is 50.8 Å². The van der Waals surface area contributed by atoms with E-state index in [0.717, 1.165) is 12.8 Å². The first-order valence-electron chi connectivity index (χ1n) is 11.6. The van der Waals surface area contributed by atoms with Gasteiger partial charge in [0.2, 0.25) is 11.7 Å². The molecule has 36 heavy (non-hydrogen) atoms. The first-order valence-corrected chi connectivity index (χ1v) is 12.0. The number of ketones is 1. The molecule has 1 aliphatic carbocycles. The molecular formula is C23H26ClN5O7. The number of Topliss-reactive ketones (excluding diaryl/α,β-unsaturated/α-hetero) is 1. The molecule has 3 fully saturated rings. The minimum absolute atomic E-state index is 0.0334. The van der Waals surface area contributed by atoms with Gasteiger partial charge in [0, 0.05) is 23.0 Å². The number of amides is 5. The molecular weight excluding hydrogens is 494 g/mol. The van der Waals surface area contributed by atoms with E-state index in [2.05, 4.69) is 26.6 Å². The Morgan fingerprint density at radius 3 is 2.56 bits per heavy atom. The van der Waals surface area contributed by atoms with E-state index >= 15 is 0 Å². The number of rotatable bonds is 9.